The van der Waals surface area contributed by atoms with Gasteiger partial charge in [-0.1, -0.05) is 13.8 Å². The maximum absolute atomic E-state index is 5.32. The maximum atomic E-state index is 5.32. The minimum absolute atomic E-state index is 0. The van der Waals surface area contributed by atoms with Crippen LogP contribution in [-0.2, 0) is 6.54 Å². The lowest BCUT2D eigenvalue weighted by Crippen LogP contribution is -2.40. The molecule has 6 heteroatoms. The molecular formula is C19H35IN4O. The van der Waals surface area contributed by atoms with Crippen molar-refractivity contribution in [2.75, 3.05) is 32.7 Å². The van der Waals surface area contributed by atoms with E-state index in [1.807, 2.05) is 12.1 Å². The monoisotopic (exact) mass is 462 g/mol. The number of rotatable bonds is 8. The number of hydrogen-bond acceptors (Lipinski definition) is 3. The zero-order valence-electron chi connectivity index (χ0n) is 16.0. The SMILES string of the molecule is CCNC(=NCc1ccco1)NCCCCN1CC(C)CC(C)C1.I. The van der Waals surface area contributed by atoms with Crippen LogP contribution in [-0.4, -0.2) is 43.6 Å². The highest BCUT2D eigenvalue weighted by Crippen LogP contribution is 2.20. The number of nitrogens with zero attached hydrogens (tertiary/aromatic N) is 2. The highest BCUT2D eigenvalue weighted by atomic mass is 127. The first kappa shape index (κ1) is 22.3. The zero-order valence-corrected chi connectivity index (χ0v) is 18.3. The van der Waals surface area contributed by atoms with Crippen LogP contribution in [0.2, 0.25) is 0 Å². The molecule has 1 saturated heterocycles. The Morgan fingerprint density at radius 3 is 2.64 bits per heavy atom. The van der Waals surface area contributed by atoms with E-state index in [2.05, 4.69) is 41.3 Å². The average molecular weight is 462 g/mol. The molecule has 2 heterocycles. The lowest BCUT2D eigenvalue weighted by Gasteiger charge is -2.34. The minimum Gasteiger partial charge on any atom is -0.467 e. The number of piperidine rings is 1. The molecule has 144 valence electrons. The predicted octanol–water partition coefficient (Wildman–Crippen LogP) is 3.71. The summed E-state index contributed by atoms with van der Waals surface area (Å²) in [6, 6.07) is 3.85. The van der Waals surface area contributed by atoms with E-state index in [0.717, 1.165) is 36.6 Å². The van der Waals surface area contributed by atoms with Gasteiger partial charge in [0.25, 0.3) is 0 Å². The number of halogens is 1. The third-order valence-electron chi connectivity index (χ3n) is 4.46. The zero-order chi connectivity index (χ0) is 17.2. The normalized spacial score (nSPS) is 21.6. The summed E-state index contributed by atoms with van der Waals surface area (Å²) in [4.78, 5) is 7.19. The molecule has 0 saturated carbocycles. The molecule has 1 aromatic heterocycles. The molecule has 2 N–H and O–H groups in total. The van der Waals surface area contributed by atoms with E-state index in [0.29, 0.717) is 6.54 Å². The van der Waals surface area contributed by atoms with Gasteiger partial charge in [0.15, 0.2) is 5.96 Å². The van der Waals surface area contributed by atoms with Crippen LogP contribution >= 0.6 is 24.0 Å². The van der Waals surface area contributed by atoms with Crippen LogP contribution < -0.4 is 10.6 Å². The number of unbranched alkanes of at least 4 members (excludes halogenated alkanes) is 1. The first-order valence-electron chi connectivity index (χ1n) is 9.44. The van der Waals surface area contributed by atoms with Crippen LogP contribution in [0.3, 0.4) is 0 Å². The van der Waals surface area contributed by atoms with Gasteiger partial charge in [-0.25, -0.2) is 4.99 Å². The quantitative estimate of drug-likeness (QED) is 0.268. The average Bonchev–Trinajstić information content (AvgIpc) is 3.04. The van der Waals surface area contributed by atoms with Crippen molar-refractivity contribution in [2.45, 2.75) is 46.6 Å². The fraction of sp³-hybridized carbons (Fsp3) is 0.737. The van der Waals surface area contributed by atoms with Gasteiger partial charge in [0.1, 0.15) is 12.3 Å². The number of aliphatic imine (C=N–C) groups is 1. The van der Waals surface area contributed by atoms with Crippen LogP contribution in [0.4, 0.5) is 0 Å². The van der Waals surface area contributed by atoms with Crippen molar-refractivity contribution < 1.29 is 4.42 Å². The molecule has 2 rings (SSSR count). The third kappa shape index (κ3) is 8.94. The molecule has 2 atom stereocenters. The Morgan fingerprint density at radius 2 is 2.00 bits per heavy atom. The molecule has 1 aliphatic heterocycles. The standard InChI is InChI=1S/C19H34N4O.HI/c1-4-20-19(22-13-18-8-7-11-24-18)21-9-5-6-10-23-14-16(2)12-17(3)15-23;/h7-8,11,16-17H,4-6,9-10,12-15H2,1-3H3,(H2,20,21,22);1H. The van der Waals surface area contributed by atoms with Crippen LogP contribution in [0.1, 0.15) is 45.8 Å². The van der Waals surface area contributed by atoms with Gasteiger partial charge in [0, 0.05) is 26.2 Å². The second-order valence-corrected chi connectivity index (χ2v) is 7.11. The maximum Gasteiger partial charge on any atom is 0.191 e. The second kappa shape index (κ2) is 12.6. The van der Waals surface area contributed by atoms with Crippen molar-refractivity contribution in [1.29, 1.82) is 0 Å². The summed E-state index contributed by atoms with van der Waals surface area (Å²) in [5.41, 5.74) is 0. The van der Waals surface area contributed by atoms with Crippen LogP contribution in [0, 0.1) is 11.8 Å². The van der Waals surface area contributed by atoms with Crippen molar-refractivity contribution >= 4 is 29.9 Å². The molecule has 5 nitrogen and oxygen atoms in total. The molecule has 1 fully saturated rings. The Balaban J connectivity index is 0.00000312. The summed E-state index contributed by atoms with van der Waals surface area (Å²) >= 11 is 0. The number of hydrogen-bond donors (Lipinski definition) is 2. The molecule has 0 aromatic carbocycles. The van der Waals surface area contributed by atoms with Gasteiger partial charge in [-0.15, -0.1) is 24.0 Å². The third-order valence-corrected chi connectivity index (χ3v) is 4.46. The topological polar surface area (TPSA) is 52.8 Å². The lowest BCUT2D eigenvalue weighted by molar-refractivity contribution is 0.139. The molecule has 0 bridgehead atoms. The largest absolute Gasteiger partial charge is 0.467 e. The van der Waals surface area contributed by atoms with Crippen LogP contribution in [0.5, 0.6) is 0 Å². The molecule has 25 heavy (non-hydrogen) atoms. The minimum atomic E-state index is 0. The van der Waals surface area contributed by atoms with Crippen molar-refractivity contribution in [3.63, 3.8) is 0 Å². The Hall–Kier alpha value is -0.760. The molecule has 2 unspecified atom stereocenters. The van der Waals surface area contributed by atoms with Crippen molar-refractivity contribution in [2.24, 2.45) is 16.8 Å². The highest BCUT2D eigenvalue weighted by Gasteiger charge is 2.20. The van der Waals surface area contributed by atoms with Gasteiger partial charge < -0.3 is 20.0 Å². The summed E-state index contributed by atoms with van der Waals surface area (Å²) in [6.07, 6.45) is 5.48. The Bertz CT molecular complexity index is 468. The van der Waals surface area contributed by atoms with Gasteiger partial charge >= 0.3 is 0 Å². The molecule has 0 radical (unpaired) electrons. The van der Waals surface area contributed by atoms with Gasteiger partial charge in [-0.05, 0) is 56.7 Å². The fourth-order valence-corrected chi connectivity index (χ4v) is 3.54. The number of likely N-dealkylation sites (tertiary alicyclic amines) is 1. The summed E-state index contributed by atoms with van der Waals surface area (Å²) < 4.78 is 5.32. The highest BCUT2D eigenvalue weighted by molar-refractivity contribution is 14.0. The number of nitrogens with one attached hydrogen (secondary N) is 2. The van der Waals surface area contributed by atoms with Gasteiger partial charge in [0.2, 0.25) is 0 Å². The van der Waals surface area contributed by atoms with E-state index in [9.17, 15) is 0 Å². The molecule has 1 aromatic rings. The van der Waals surface area contributed by atoms with E-state index in [-0.39, 0.29) is 24.0 Å². The van der Waals surface area contributed by atoms with E-state index in [4.69, 9.17) is 4.42 Å². The Kier molecular flexibility index (Phi) is 11.2. The summed E-state index contributed by atoms with van der Waals surface area (Å²) in [5, 5.41) is 6.70. The first-order chi connectivity index (χ1) is 11.7. The van der Waals surface area contributed by atoms with E-state index in [1.54, 1.807) is 6.26 Å². The van der Waals surface area contributed by atoms with Gasteiger partial charge in [-0.2, -0.15) is 0 Å². The van der Waals surface area contributed by atoms with Crippen molar-refractivity contribution in [3.8, 4) is 0 Å². The predicted molar refractivity (Wildman–Crippen MR) is 116 cm³/mol. The van der Waals surface area contributed by atoms with Gasteiger partial charge in [0.05, 0.1) is 6.26 Å². The van der Waals surface area contributed by atoms with Crippen molar-refractivity contribution in [1.82, 2.24) is 15.5 Å². The van der Waals surface area contributed by atoms with Crippen LogP contribution in [0.15, 0.2) is 27.8 Å². The smallest absolute Gasteiger partial charge is 0.191 e. The molecule has 0 spiro atoms. The van der Waals surface area contributed by atoms with E-state index < -0.39 is 0 Å². The van der Waals surface area contributed by atoms with E-state index >= 15 is 0 Å². The summed E-state index contributed by atoms with van der Waals surface area (Å²) in [6.45, 7) is 13.0. The summed E-state index contributed by atoms with van der Waals surface area (Å²) in [7, 11) is 0. The molecule has 0 aliphatic carbocycles. The Morgan fingerprint density at radius 1 is 1.24 bits per heavy atom. The fourth-order valence-electron chi connectivity index (χ4n) is 3.54. The van der Waals surface area contributed by atoms with Gasteiger partial charge in [-0.3, -0.25) is 0 Å². The number of guanidine groups is 1. The lowest BCUT2D eigenvalue weighted by atomic mass is 9.92. The van der Waals surface area contributed by atoms with E-state index in [1.165, 1.54) is 38.9 Å². The molecular weight excluding hydrogens is 427 g/mol. The van der Waals surface area contributed by atoms with Crippen molar-refractivity contribution in [3.05, 3.63) is 24.2 Å². The molecule has 1 aliphatic rings. The molecule has 0 amide bonds. The Labute approximate surface area is 170 Å². The van der Waals surface area contributed by atoms with Crippen LogP contribution in [0.25, 0.3) is 0 Å². The first-order valence-corrected chi connectivity index (χ1v) is 9.44. The number of furan rings is 1. The second-order valence-electron chi connectivity index (χ2n) is 7.11. The summed E-state index contributed by atoms with van der Waals surface area (Å²) in [5.74, 6) is 3.46.